The van der Waals surface area contributed by atoms with Gasteiger partial charge in [-0.2, -0.15) is 13.2 Å². The van der Waals surface area contributed by atoms with E-state index in [9.17, 15) is 23.1 Å². The van der Waals surface area contributed by atoms with E-state index in [0.717, 1.165) is 12.1 Å². The first-order valence-electron chi connectivity index (χ1n) is 8.12. The highest BCUT2D eigenvalue weighted by atomic mass is 19.4. The van der Waals surface area contributed by atoms with E-state index in [1.807, 2.05) is 0 Å². The molecule has 28 heavy (non-hydrogen) atoms. The maximum atomic E-state index is 12.7. The van der Waals surface area contributed by atoms with Gasteiger partial charge in [0.25, 0.3) is 0 Å². The van der Waals surface area contributed by atoms with Crippen LogP contribution in [0.4, 0.5) is 13.2 Å². The topological polar surface area (TPSA) is 92.0 Å². The summed E-state index contributed by atoms with van der Waals surface area (Å²) in [4.78, 5) is 18.7. The molecule has 2 N–H and O–H groups in total. The third kappa shape index (κ3) is 2.90. The van der Waals surface area contributed by atoms with Gasteiger partial charge in [-0.25, -0.2) is 9.78 Å². The Labute approximate surface area is 155 Å². The molecule has 142 valence electrons. The molecular weight excluding hydrogens is 375 g/mol. The fourth-order valence-corrected chi connectivity index (χ4v) is 2.95. The van der Waals surface area contributed by atoms with Gasteiger partial charge in [-0.1, -0.05) is 23.4 Å². The smallest absolute Gasteiger partial charge is 0.416 e. The monoisotopic (exact) mass is 387 g/mol. The summed E-state index contributed by atoms with van der Waals surface area (Å²) in [6.45, 7) is 1.70. The van der Waals surface area contributed by atoms with Crippen LogP contribution in [-0.4, -0.2) is 26.2 Å². The molecule has 0 fully saturated rings. The zero-order valence-electron chi connectivity index (χ0n) is 14.3. The van der Waals surface area contributed by atoms with Gasteiger partial charge in [0.2, 0.25) is 0 Å². The minimum absolute atomic E-state index is 0.0455. The van der Waals surface area contributed by atoms with Gasteiger partial charge in [-0.15, -0.1) is 0 Å². The van der Waals surface area contributed by atoms with Crippen LogP contribution in [0.25, 0.3) is 33.9 Å². The fourth-order valence-electron chi connectivity index (χ4n) is 2.95. The summed E-state index contributed by atoms with van der Waals surface area (Å²) in [5, 5.41) is 13.2. The molecule has 0 aliphatic heterocycles. The summed E-state index contributed by atoms with van der Waals surface area (Å²) in [5.41, 5.74) is 1.44. The van der Waals surface area contributed by atoms with E-state index < -0.39 is 17.7 Å². The minimum Gasteiger partial charge on any atom is -0.478 e. The zero-order chi connectivity index (χ0) is 20.1. The zero-order valence-corrected chi connectivity index (χ0v) is 14.3. The predicted molar refractivity (Wildman–Crippen MR) is 93.7 cm³/mol. The predicted octanol–water partition coefficient (Wildman–Crippen LogP) is 4.91. The number of carbonyl (C=O) groups is 1. The van der Waals surface area contributed by atoms with Crippen molar-refractivity contribution in [1.29, 1.82) is 0 Å². The number of benzene rings is 2. The van der Waals surface area contributed by atoms with Crippen LogP contribution in [0.1, 0.15) is 21.5 Å². The van der Waals surface area contributed by atoms with Crippen molar-refractivity contribution in [3.05, 3.63) is 59.2 Å². The third-order valence-electron chi connectivity index (χ3n) is 4.37. The van der Waals surface area contributed by atoms with E-state index in [4.69, 9.17) is 4.52 Å². The third-order valence-corrected chi connectivity index (χ3v) is 4.37. The average Bonchev–Trinajstić information content (AvgIpc) is 3.23. The van der Waals surface area contributed by atoms with Crippen LogP contribution in [0, 0.1) is 6.92 Å². The number of halogens is 3. The Morgan fingerprint density at radius 2 is 1.86 bits per heavy atom. The number of nitrogens with one attached hydrogen (secondary N) is 1. The van der Waals surface area contributed by atoms with E-state index in [0.29, 0.717) is 33.9 Å². The standard InChI is InChI=1S/C19H12F3N3O3/c1-9-14(17-23-13-4-2-3-12(18(26)27)15(13)24-17)25-28-16(9)10-5-7-11(8-6-10)19(20,21)22/h2-8H,1H3,(H,23,24)(H,26,27). The molecule has 0 saturated heterocycles. The summed E-state index contributed by atoms with van der Waals surface area (Å²) in [5.74, 6) is -0.489. The molecule has 0 atom stereocenters. The van der Waals surface area contributed by atoms with Crippen molar-refractivity contribution in [3.63, 3.8) is 0 Å². The molecule has 0 saturated carbocycles. The molecule has 6 nitrogen and oxygen atoms in total. The Morgan fingerprint density at radius 3 is 2.50 bits per heavy atom. The number of fused-ring (bicyclic) bond motifs is 1. The van der Waals surface area contributed by atoms with E-state index in [-0.39, 0.29) is 11.1 Å². The Balaban J connectivity index is 1.76. The van der Waals surface area contributed by atoms with Gasteiger partial charge in [0.05, 0.1) is 16.6 Å². The fraction of sp³-hybridized carbons (Fsp3) is 0.105. The summed E-state index contributed by atoms with van der Waals surface area (Å²) in [6, 6.07) is 9.28. The molecule has 0 amide bonds. The molecule has 0 aliphatic carbocycles. The molecule has 9 heteroatoms. The first kappa shape index (κ1) is 17.8. The number of H-pyrrole nitrogens is 1. The Kier molecular flexibility index (Phi) is 3.95. The van der Waals surface area contributed by atoms with Gasteiger partial charge in [0, 0.05) is 11.1 Å². The number of nitrogens with zero attached hydrogens (tertiary/aromatic N) is 2. The Hall–Kier alpha value is -3.62. The second-order valence-electron chi connectivity index (χ2n) is 6.15. The number of imidazole rings is 1. The van der Waals surface area contributed by atoms with Crippen molar-refractivity contribution in [3.8, 4) is 22.8 Å². The van der Waals surface area contributed by atoms with Crippen LogP contribution in [-0.2, 0) is 6.18 Å². The lowest BCUT2D eigenvalue weighted by molar-refractivity contribution is -0.137. The number of carboxylic acid groups (broad SMARTS) is 1. The van der Waals surface area contributed by atoms with Crippen LogP contribution in [0.3, 0.4) is 0 Å². The maximum Gasteiger partial charge on any atom is 0.416 e. The molecule has 0 aliphatic rings. The highest BCUT2D eigenvalue weighted by Gasteiger charge is 2.30. The maximum absolute atomic E-state index is 12.7. The van der Waals surface area contributed by atoms with Crippen molar-refractivity contribution in [2.45, 2.75) is 13.1 Å². The van der Waals surface area contributed by atoms with E-state index in [1.54, 1.807) is 19.1 Å². The van der Waals surface area contributed by atoms with Gasteiger partial charge in [0.1, 0.15) is 5.52 Å². The quantitative estimate of drug-likeness (QED) is 0.521. The van der Waals surface area contributed by atoms with Crippen LogP contribution < -0.4 is 0 Å². The van der Waals surface area contributed by atoms with Crippen molar-refractivity contribution in [1.82, 2.24) is 15.1 Å². The highest BCUT2D eigenvalue weighted by Crippen LogP contribution is 2.34. The van der Waals surface area contributed by atoms with Crippen LogP contribution in [0.5, 0.6) is 0 Å². The molecule has 4 rings (SSSR count). The number of aromatic nitrogens is 3. The number of aromatic carboxylic acids is 1. The van der Waals surface area contributed by atoms with Gasteiger partial charge >= 0.3 is 12.1 Å². The van der Waals surface area contributed by atoms with Crippen molar-refractivity contribution in [2.24, 2.45) is 0 Å². The number of para-hydroxylation sites is 1. The van der Waals surface area contributed by atoms with Gasteiger partial charge in [-0.05, 0) is 31.2 Å². The molecule has 2 aromatic heterocycles. The first-order chi connectivity index (χ1) is 13.3. The first-order valence-corrected chi connectivity index (χ1v) is 8.12. The average molecular weight is 387 g/mol. The lowest BCUT2D eigenvalue weighted by atomic mass is 10.1. The second kappa shape index (κ2) is 6.22. The van der Waals surface area contributed by atoms with Crippen LogP contribution >= 0.6 is 0 Å². The number of hydrogen-bond donors (Lipinski definition) is 2. The Bertz CT molecular complexity index is 1190. The van der Waals surface area contributed by atoms with Crippen LogP contribution in [0.15, 0.2) is 47.0 Å². The SMILES string of the molecule is Cc1c(-c2nc3c(C(=O)O)cccc3[nH]2)noc1-c1ccc(C(F)(F)F)cc1. The molecule has 4 aromatic rings. The molecule has 0 spiro atoms. The summed E-state index contributed by atoms with van der Waals surface area (Å²) < 4.78 is 43.5. The Morgan fingerprint density at radius 1 is 1.14 bits per heavy atom. The molecule has 0 bridgehead atoms. The van der Waals surface area contributed by atoms with E-state index in [1.165, 1.54) is 18.2 Å². The van der Waals surface area contributed by atoms with Gasteiger partial charge < -0.3 is 14.6 Å². The van der Waals surface area contributed by atoms with Crippen molar-refractivity contribution >= 4 is 17.0 Å². The summed E-state index contributed by atoms with van der Waals surface area (Å²) >= 11 is 0. The number of hydrogen-bond acceptors (Lipinski definition) is 4. The molecule has 0 unspecified atom stereocenters. The van der Waals surface area contributed by atoms with E-state index in [2.05, 4.69) is 15.1 Å². The molecule has 0 radical (unpaired) electrons. The number of aromatic amines is 1. The van der Waals surface area contributed by atoms with Gasteiger partial charge in [-0.3, -0.25) is 0 Å². The normalized spacial score (nSPS) is 11.9. The largest absolute Gasteiger partial charge is 0.478 e. The summed E-state index contributed by atoms with van der Waals surface area (Å²) in [6.07, 6.45) is -4.42. The number of carboxylic acids is 1. The van der Waals surface area contributed by atoms with Crippen molar-refractivity contribution < 1.29 is 27.6 Å². The van der Waals surface area contributed by atoms with E-state index >= 15 is 0 Å². The van der Waals surface area contributed by atoms with Crippen LogP contribution in [0.2, 0.25) is 0 Å². The van der Waals surface area contributed by atoms with Gasteiger partial charge in [0.15, 0.2) is 17.3 Å². The summed E-state index contributed by atoms with van der Waals surface area (Å²) in [7, 11) is 0. The lowest BCUT2D eigenvalue weighted by Crippen LogP contribution is -2.03. The highest BCUT2D eigenvalue weighted by molar-refractivity contribution is 6.01. The number of alkyl halides is 3. The minimum atomic E-state index is -4.42. The molecule has 2 aromatic carbocycles. The number of rotatable bonds is 3. The lowest BCUT2D eigenvalue weighted by Gasteiger charge is -2.06. The second-order valence-corrected chi connectivity index (χ2v) is 6.15. The molecule has 2 heterocycles. The van der Waals surface area contributed by atoms with Crippen molar-refractivity contribution in [2.75, 3.05) is 0 Å². The molecular formula is C19H12F3N3O3.